The second-order valence-corrected chi connectivity index (χ2v) is 3.70. The van der Waals surface area contributed by atoms with Crippen molar-refractivity contribution in [2.75, 3.05) is 26.7 Å². The first-order valence-electron chi connectivity index (χ1n) is 5.38. The Hall–Kier alpha value is -0.770. The molecule has 1 amide bonds. The lowest BCUT2D eigenvalue weighted by Crippen LogP contribution is -2.26. The van der Waals surface area contributed by atoms with Gasteiger partial charge in [-0.15, -0.1) is 0 Å². The summed E-state index contributed by atoms with van der Waals surface area (Å²) in [7, 11) is 1.91. The van der Waals surface area contributed by atoms with Gasteiger partial charge >= 0.3 is 6.09 Å². The van der Waals surface area contributed by atoms with Crippen molar-refractivity contribution in [2.45, 2.75) is 32.3 Å². The average Bonchev–Trinajstić information content (AvgIpc) is 2.53. The first-order valence-corrected chi connectivity index (χ1v) is 5.38. The van der Waals surface area contributed by atoms with Crippen molar-refractivity contribution in [1.82, 2.24) is 10.2 Å². The van der Waals surface area contributed by atoms with Crippen LogP contribution in [0, 0.1) is 0 Å². The molecule has 1 atom stereocenters. The molecule has 0 radical (unpaired) electrons. The molecule has 1 N–H and O–H groups in total. The van der Waals surface area contributed by atoms with E-state index in [0.717, 1.165) is 38.9 Å². The molecule has 1 saturated heterocycles. The van der Waals surface area contributed by atoms with Gasteiger partial charge < -0.3 is 15.0 Å². The summed E-state index contributed by atoms with van der Waals surface area (Å²) in [5.41, 5.74) is 0. The molecule has 1 rings (SSSR count). The van der Waals surface area contributed by atoms with Gasteiger partial charge in [0.15, 0.2) is 0 Å². The van der Waals surface area contributed by atoms with Crippen LogP contribution in [0.25, 0.3) is 0 Å². The summed E-state index contributed by atoms with van der Waals surface area (Å²) in [6.45, 7) is 4.63. The summed E-state index contributed by atoms with van der Waals surface area (Å²) in [5.74, 6) is 0. The minimum atomic E-state index is -0.139. The molecular formula is C10H20N2O2. The van der Waals surface area contributed by atoms with Crippen LogP contribution in [0.1, 0.15) is 26.2 Å². The fourth-order valence-electron chi connectivity index (χ4n) is 1.56. The number of rotatable bonds is 6. The lowest BCUT2D eigenvalue weighted by molar-refractivity contribution is 0.129. The monoisotopic (exact) mass is 200 g/mol. The molecule has 82 valence electrons. The van der Waals surface area contributed by atoms with Crippen LogP contribution in [-0.2, 0) is 4.74 Å². The molecule has 1 unspecified atom stereocenters. The molecule has 4 nitrogen and oxygen atoms in total. The summed E-state index contributed by atoms with van der Waals surface area (Å²) in [6.07, 6.45) is 3.04. The number of hydrogen-bond acceptors (Lipinski definition) is 3. The number of unbranched alkanes of at least 4 members (excludes halogenated alkanes) is 1. The highest BCUT2D eigenvalue weighted by Crippen LogP contribution is 2.14. The van der Waals surface area contributed by atoms with Gasteiger partial charge in [0, 0.05) is 6.54 Å². The van der Waals surface area contributed by atoms with E-state index in [4.69, 9.17) is 4.74 Å². The SMILES string of the molecule is CCCCN1CC(CCNC)OC1=O. The van der Waals surface area contributed by atoms with Crippen LogP contribution in [0.3, 0.4) is 0 Å². The van der Waals surface area contributed by atoms with Crippen LogP contribution in [0.5, 0.6) is 0 Å². The summed E-state index contributed by atoms with van der Waals surface area (Å²) >= 11 is 0. The van der Waals surface area contributed by atoms with Crippen molar-refractivity contribution in [3.8, 4) is 0 Å². The van der Waals surface area contributed by atoms with Crippen LogP contribution >= 0.6 is 0 Å². The van der Waals surface area contributed by atoms with E-state index in [1.54, 1.807) is 0 Å². The molecular weight excluding hydrogens is 180 g/mol. The van der Waals surface area contributed by atoms with Crippen LogP contribution in [0.2, 0.25) is 0 Å². The minimum Gasteiger partial charge on any atom is -0.444 e. The van der Waals surface area contributed by atoms with Crippen molar-refractivity contribution in [1.29, 1.82) is 0 Å². The van der Waals surface area contributed by atoms with Crippen LogP contribution < -0.4 is 5.32 Å². The number of amides is 1. The van der Waals surface area contributed by atoms with Gasteiger partial charge in [0.25, 0.3) is 0 Å². The number of cyclic esters (lactones) is 1. The van der Waals surface area contributed by atoms with Crippen LogP contribution in [0.15, 0.2) is 0 Å². The van der Waals surface area contributed by atoms with E-state index in [0.29, 0.717) is 0 Å². The molecule has 0 aromatic heterocycles. The molecule has 14 heavy (non-hydrogen) atoms. The normalized spacial score (nSPS) is 21.4. The second-order valence-electron chi connectivity index (χ2n) is 3.70. The number of hydrogen-bond donors (Lipinski definition) is 1. The van der Waals surface area contributed by atoms with Crippen molar-refractivity contribution in [3.05, 3.63) is 0 Å². The first-order chi connectivity index (χ1) is 6.77. The van der Waals surface area contributed by atoms with E-state index in [1.807, 2.05) is 11.9 Å². The van der Waals surface area contributed by atoms with Gasteiger partial charge in [-0.2, -0.15) is 0 Å². The molecule has 1 aliphatic rings. The van der Waals surface area contributed by atoms with Crippen LogP contribution in [0.4, 0.5) is 4.79 Å². The molecule has 0 bridgehead atoms. The lowest BCUT2D eigenvalue weighted by Gasteiger charge is -2.11. The van der Waals surface area contributed by atoms with Crippen LogP contribution in [-0.4, -0.2) is 43.8 Å². The van der Waals surface area contributed by atoms with E-state index in [9.17, 15) is 4.79 Å². The first kappa shape index (κ1) is 11.3. The van der Waals surface area contributed by atoms with Crippen molar-refractivity contribution >= 4 is 6.09 Å². The van der Waals surface area contributed by atoms with E-state index >= 15 is 0 Å². The number of nitrogens with zero attached hydrogens (tertiary/aromatic N) is 1. The number of ether oxygens (including phenoxy) is 1. The van der Waals surface area contributed by atoms with Gasteiger partial charge in [0.1, 0.15) is 6.10 Å². The molecule has 0 spiro atoms. The van der Waals surface area contributed by atoms with Crippen molar-refractivity contribution in [2.24, 2.45) is 0 Å². The highest BCUT2D eigenvalue weighted by atomic mass is 16.6. The van der Waals surface area contributed by atoms with Gasteiger partial charge in [-0.25, -0.2) is 4.79 Å². The molecule has 1 fully saturated rings. The molecule has 4 heteroatoms. The maximum Gasteiger partial charge on any atom is 0.410 e. The fraction of sp³-hybridized carbons (Fsp3) is 0.900. The van der Waals surface area contributed by atoms with Gasteiger partial charge in [0.2, 0.25) is 0 Å². The zero-order valence-electron chi connectivity index (χ0n) is 9.08. The molecule has 0 aliphatic carbocycles. The Balaban J connectivity index is 2.24. The van der Waals surface area contributed by atoms with E-state index in [-0.39, 0.29) is 12.2 Å². The smallest absolute Gasteiger partial charge is 0.410 e. The Morgan fingerprint density at radius 2 is 2.43 bits per heavy atom. The Kier molecular flexibility index (Phi) is 4.73. The Labute approximate surface area is 85.6 Å². The predicted molar refractivity (Wildman–Crippen MR) is 55.3 cm³/mol. The molecule has 0 aromatic carbocycles. The van der Waals surface area contributed by atoms with Gasteiger partial charge in [-0.05, 0) is 26.4 Å². The zero-order valence-corrected chi connectivity index (χ0v) is 9.08. The highest BCUT2D eigenvalue weighted by molar-refractivity contribution is 5.69. The third kappa shape index (κ3) is 3.18. The Bertz CT molecular complexity index is 185. The zero-order chi connectivity index (χ0) is 10.4. The van der Waals surface area contributed by atoms with Gasteiger partial charge in [-0.1, -0.05) is 13.3 Å². The van der Waals surface area contributed by atoms with Crippen molar-refractivity contribution in [3.63, 3.8) is 0 Å². The third-order valence-electron chi connectivity index (χ3n) is 2.45. The molecule has 0 saturated carbocycles. The molecule has 0 aromatic rings. The minimum absolute atomic E-state index is 0.0896. The number of carbonyl (C=O) groups excluding carboxylic acids is 1. The molecule has 1 heterocycles. The summed E-state index contributed by atoms with van der Waals surface area (Å²) in [5, 5.41) is 3.06. The summed E-state index contributed by atoms with van der Waals surface area (Å²) in [4.78, 5) is 13.1. The Morgan fingerprint density at radius 1 is 1.64 bits per heavy atom. The second kappa shape index (κ2) is 5.86. The van der Waals surface area contributed by atoms with E-state index in [2.05, 4.69) is 12.2 Å². The van der Waals surface area contributed by atoms with Crippen molar-refractivity contribution < 1.29 is 9.53 Å². The lowest BCUT2D eigenvalue weighted by atomic mass is 10.2. The van der Waals surface area contributed by atoms with E-state index < -0.39 is 0 Å². The fourth-order valence-corrected chi connectivity index (χ4v) is 1.56. The predicted octanol–water partition coefficient (Wildman–Crippen LogP) is 1.22. The summed E-state index contributed by atoms with van der Waals surface area (Å²) < 4.78 is 5.22. The largest absolute Gasteiger partial charge is 0.444 e. The third-order valence-corrected chi connectivity index (χ3v) is 2.45. The number of carbonyl (C=O) groups is 1. The average molecular weight is 200 g/mol. The highest BCUT2D eigenvalue weighted by Gasteiger charge is 2.29. The maximum absolute atomic E-state index is 11.3. The van der Waals surface area contributed by atoms with E-state index in [1.165, 1.54) is 0 Å². The Morgan fingerprint density at radius 3 is 3.07 bits per heavy atom. The van der Waals surface area contributed by atoms with Gasteiger partial charge in [0.05, 0.1) is 6.54 Å². The van der Waals surface area contributed by atoms with Gasteiger partial charge in [-0.3, -0.25) is 0 Å². The standard InChI is InChI=1S/C10H20N2O2/c1-3-4-7-12-8-9(5-6-11-2)14-10(12)13/h9,11H,3-8H2,1-2H3. The number of nitrogens with one attached hydrogen (secondary N) is 1. The summed E-state index contributed by atoms with van der Waals surface area (Å²) in [6, 6.07) is 0. The topological polar surface area (TPSA) is 41.6 Å². The quantitative estimate of drug-likeness (QED) is 0.701. The maximum atomic E-state index is 11.3. The molecule has 1 aliphatic heterocycles.